The van der Waals surface area contributed by atoms with Gasteiger partial charge in [-0.05, 0) is 18.5 Å². The van der Waals surface area contributed by atoms with Crippen molar-refractivity contribution in [2.45, 2.75) is 19.4 Å². The average molecular weight is 397 g/mol. The molecule has 4 rings (SSSR count). The maximum absolute atomic E-state index is 12.6. The minimum absolute atomic E-state index is 0.0917. The zero-order chi connectivity index (χ0) is 20.1. The molecule has 1 aromatic heterocycles. The highest BCUT2D eigenvalue weighted by Crippen LogP contribution is 2.31. The third-order valence-electron chi connectivity index (χ3n) is 5.44. The van der Waals surface area contributed by atoms with E-state index in [4.69, 9.17) is 4.74 Å². The summed E-state index contributed by atoms with van der Waals surface area (Å²) in [6.07, 6.45) is 2.83. The lowest BCUT2D eigenvalue weighted by Crippen LogP contribution is -2.39. The average Bonchev–Trinajstić information content (AvgIpc) is 3.15. The Labute approximate surface area is 170 Å². The number of carbonyl (C=O) groups is 2. The van der Waals surface area contributed by atoms with Crippen LogP contribution in [0.1, 0.15) is 12.8 Å². The molecule has 2 aliphatic rings. The Bertz CT molecular complexity index is 845. The van der Waals surface area contributed by atoms with Crippen LogP contribution in [-0.2, 0) is 20.9 Å². The van der Waals surface area contributed by atoms with Crippen LogP contribution >= 0.6 is 0 Å². The minimum Gasteiger partial charge on any atom is -0.379 e. The zero-order valence-electron chi connectivity index (χ0n) is 16.5. The second kappa shape index (κ2) is 9.19. The van der Waals surface area contributed by atoms with Crippen LogP contribution in [0.3, 0.4) is 0 Å². The Kier molecular flexibility index (Phi) is 6.21. The monoisotopic (exact) mass is 397 g/mol. The van der Waals surface area contributed by atoms with E-state index in [2.05, 4.69) is 20.6 Å². The van der Waals surface area contributed by atoms with Crippen molar-refractivity contribution < 1.29 is 14.3 Å². The predicted octanol–water partition coefficient (Wildman–Crippen LogP) is 1.35. The molecule has 29 heavy (non-hydrogen) atoms. The summed E-state index contributed by atoms with van der Waals surface area (Å²) >= 11 is 0. The number of benzene rings is 1. The van der Waals surface area contributed by atoms with Gasteiger partial charge in [0.25, 0.3) is 0 Å². The summed E-state index contributed by atoms with van der Waals surface area (Å²) in [6.45, 7) is 5.45. The smallest absolute Gasteiger partial charge is 0.231 e. The Morgan fingerprint density at radius 1 is 1.24 bits per heavy atom. The van der Waals surface area contributed by atoms with Gasteiger partial charge in [-0.1, -0.05) is 30.3 Å². The second-order valence-corrected chi connectivity index (χ2v) is 7.50. The number of hydrogen-bond acceptors (Lipinski definition) is 5. The number of nitrogens with zero attached hydrogens (tertiary/aromatic N) is 3. The highest BCUT2D eigenvalue weighted by atomic mass is 16.5. The number of rotatable bonds is 7. The normalized spacial score (nSPS) is 19.4. The molecule has 1 fully saturated rings. The van der Waals surface area contributed by atoms with E-state index in [-0.39, 0.29) is 18.2 Å². The van der Waals surface area contributed by atoms with E-state index in [1.54, 1.807) is 10.9 Å². The molecule has 0 saturated carbocycles. The lowest BCUT2D eigenvalue weighted by Gasteiger charge is -2.26. The van der Waals surface area contributed by atoms with Crippen LogP contribution in [0.5, 0.6) is 0 Å². The molecule has 0 spiro atoms. The van der Waals surface area contributed by atoms with Crippen molar-refractivity contribution in [3.8, 4) is 11.1 Å². The second-order valence-electron chi connectivity index (χ2n) is 7.50. The van der Waals surface area contributed by atoms with Gasteiger partial charge in [-0.3, -0.25) is 14.5 Å². The van der Waals surface area contributed by atoms with Crippen LogP contribution in [0.4, 0.5) is 5.82 Å². The van der Waals surface area contributed by atoms with Crippen LogP contribution in [0.2, 0.25) is 0 Å². The predicted molar refractivity (Wildman–Crippen MR) is 109 cm³/mol. The molecule has 8 heteroatoms. The fourth-order valence-electron chi connectivity index (χ4n) is 3.80. The van der Waals surface area contributed by atoms with Gasteiger partial charge in [-0.15, -0.1) is 0 Å². The summed E-state index contributed by atoms with van der Waals surface area (Å²) < 4.78 is 7.11. The van der Waals surface area contributed by atoms with E-state index in [9.17, 15) is 9.59 Å². The first-order chi connectivity index (χ1) is 14.2. The first-order valence-electron chi connectivity index (χ1n) is 10.2. The van der Waals surface area contributed by atoms with Gasteiger partial charge in [0, 0.05) is 31.6 Å². The number of fused-ring (bicyclic) bond motifs is 1. The number of hydrogen-bond donors (Lipinski definition) is 2. The Balaban J connectivity index is 1.27. The molecule has 8 nitrogen and oxygen atoms in total. The molecule has 2 N–H and O–H groups in total. The van der Waals surface area contributed by atoms with E-state index < -0.39 is 5.92 Å². The number of ether oxygens (including phenoxy) is 1. The first-order valence-corrected chi connectivity index (χ1v) is 10.2. The molecule has 1 atom stereocenters. The molecule has 2 amide bonds. The van der Waals surface area contributed by atoms with Gasteiger partial charge in [0.2, 0.25) is 11.8 Å². The molecular weight excluding hydrogens is 370 g/mol. The maximum Gasteiger partial charge on any atom is 0.231 e. The largest absolute Gasteiger partial charge is 0.379 e. The Morgan fingerprint density at radius 3 is 2.83 bits per heavy atom. The van der Waals surface area contributed by atoms with E-state index in [0.29, 0.717) is 18.9 Å². The summed E-state index contributed by atoms with van der Waals surface area (Å²) in [4.78, 5) is 27.2. The summed E-state index contributed by atoms with van der Waals surface area (Å²) in [6, 6.07) is 9.83. The van der Waals surface area contributed by atoms with Gasteiger partial charge in [0.05, 0.1) is 31.9 Å². The molecule has 1 saturated heterocycles. The SMILES string of the molecule is O=C(C[C@H]1Cn2ncc(-c3ccccc3)c2NC1=O)NCCCN1CCOCC1. The summed E-state index contributed by atoms with van der Waals surface area (Å²) in [5, 5.41) is 10.3. The van der Waals surface area contributed by atoms with Crippen molar-refractivity contribution in [2.24, 2.45) is 5.92 Å². The molecular formula is C21H27N5O3. The Hall–Kier alpha value is -2.71. The van der Waals surface area contributed by atoms with Gasteiger partial charge >= 0.3 is 0 Å². The third kappa shape index (κ3) is 4.83. The summed E-state index contributed by atoms with van der Waals surface area (Å²) in [5.74, 6) is 0.0679. The number of nitrogens with one attached hydrogen (secondary N) is 2. The van der Waals surface area contributed by atoms with Crippen LogP contribution in [0, 0.1) is 5.92 Å². The first kappa shape index (κ1) is 19.6. The molecule has 2 aromatic rings. The zero-order valence-corrected chi connectivity index (χ0v) is 16.5. The van der Waals surface area contributed by atoms with E-state index in [0.717, 1.165) is 50.4 Å². The lowest BCUT2D eigenvalue weighted by atomic mass is 10.0. The van der Waals surface area contributed by atoms with Crippen molar-refractivity contribution in [1.82, 2.24) is 20.0 Å². The molecule has 0 aliphatic carbocycles. The number of aromatic nitrogens is 2. The quantitative estimate of drug-likeness (QED) is 0.689. The Morgan fingerprint density at radius 2 is 2.03 bits per heavy atom. The van der Waals surface area contributed by atoms with Crippen molar-refractivity contribution >= 4 is 17.6 Å². The molecule has 3 heterocycles. The molecule has 154 valence electrons. The molecule has 1 aromatic carbocycles. The van der Waals surface area contributed by atoms with Crippen LogP contribution in [0.15, 0.2) is 36.5 Å². The fraction of sp³-hybridized carbons (Fsp3) is 0.476. The third-order valence-corrected chi connectivity index (χ3v) is 5.44. The number of amides is 2. The van der Waals surface area contributed by atoms with Crippen LogP contribution < -0.4 is 10.6 Å². The highest BCUT2D eigenvalue weighted by molar-refractivity contribution is 5.98. The van der Waals surface area contributed by atoms with Crippen LogP contribution in [-0.4, -0.2) is 65.9 Å². The molecule has 0 radical (unpaired) electrons. The molecule has 0 unspecified atom stereocenters. The summed E-state index contributed by atoms with van der Waals surface area (Å²) in [7, 11) is 0. The molecule has 0 bridgehead atoms. The fourth-order valence-corrected chi connectivity index (χ4v) is 3.80. The number of morpholine rings is 1. The van der Waals surface area contributed by atoms with Gasteiger partial charge in [0.1, 0.15) is 5.82 Å². The molecule has 2 aliphatic heterocycles. The van der Waals surface area contributed by atoms with E-state index in [1.165, 1.54) is 0 Å². The van der Waals surface area contributed by atoms with E-state index in [1.807, 2.05) is 30.3 Å². The minimum atomic E-state index is -0.412. The van der Waals surface area contributed by atoms with Gasteiger partial charge in [-0.2, -0.15) is 5.10 Å². The van der Waals surface area contributed by atoms with Gasteiger partial charge in [-0.25, -0.2) is 4.68 Å². The standard InChI is InChI=1S/C21H27N5O3/c27-19(22-7-4-8-25-9-11-29-12-10-25)13-17-15-26-20(24-21(17)28)18(14-23-26)16-5-2-1-3-6-16/h1-3,5-6,14,17H,4,7-13,15H2,(H,22,27)(H,24,28)/t17-/m0/s1. The lowest BCUT2D eigenvalue weighted by molar-refractivity contribution is -0.128. The maximum atomic E-state index is 12.6. The van der Waals surface area contributed by atoms with Crippen LogP contribution in [0.25, 0.3) is 11.1 Å². The topological polar surface area (TPSA) is 88.5 Å². The van der Waals surface area contributed by atoms with Crippen molar-refractivity contribution in [3.63, 3.8) is 0 Å². The highest BCUT2D eigenvalue weighted by Gasteiger charge is 2.30. The summed E-state index contributed by atoms with van der Waals surface area (Å²) in [5.41, 5.74) is 1.90. The van der Waals surface area contributed by atoms with E-state index >= 15 is 0 Å². The number of carbonyl (C=O) groups excluding carboxylic acids is 2. The van der Waals surface area contributed by atoms with Crippen molar-refractivity contribution in [1.29, 1.82) is 0 Å². The van der Waals surface area contributed by atoms with Gasteiger partial charge in [0.15, 0.2) is 0 Å². The number of anilines is 1. The van der Waals surface area contributed by atoms with Gasteiger partial charge < -0.3 is 15.4 Å². The van der Waals surface area contributed by atoms with Crippen molar-refractivity contribution in [3.05, 3.63) is 36.5 Å². The van der Waals surface area contributed by atoms with Crippen molar-refractivity contribution in [2.75, 3.05) is 44.7 Å².